The number of thioether (sulfide) groups is 1. The summed E-state index contributed by atoms with van der Waals surface area (Å²) < 4.78 is 19.1. The molecule has 0 radical (unpaired) electrons. The molecule has 6 nitrogen and oxygen atoms in total. The van der Waals surface area contributed by atoms with E-state index in [9.17, 15) is 14.0 Å². The molecule has 8 heteroatoms. The molecule has 0 atom stereocenters. The van der Waals surface area contributed by atoms with Crippen LogP contribution in [0.4, 0.5) is 14.9 Å². The standard InChI is InChI=1S/C22H24FN3O3S/c1-29-17-6-4-5-16(15-17)20(27)26-13-14-30-22(26)9-11-25(12-10-22)21(28)24-19-8-3-2-7-18(19)23/h2-8,15H,9-14H2,1H3,(H,24,28). The highest BCUT2D eigenvalue weighted by Crippen LogP contribution is 2.44. The Balaban J connectivity index is 1.43. The van der Waals surface area contributed by atoms with Crippen LogP contribution in [0.15, 0.2) is 48.5 Å². The van der Waals surface area contributed by atoms with E-state index in [1.54, 1.807) is 54.1 Å². The first-order valence-electron chi connectivity index (χ1n) is 9.93. The summed E-state index contributed by atoms with van der Waals surface area (Å²) in [6.45, 7) is 1.70. The molecule has 0 aromatic heterocycles. The predicted molar refractivity (Wildman–Crippen MR) is 115 cm³/mol. The number of anilines is 1. The van der Waals surface area contributed by atoms with Gasteiger partial charge in [-0.25, -0.2) is 9.18 Å². The van der Waals surface area contributed by atoms with Crippen LogP contribution >= 0.6 is 11.8 Å². The van der Waals surface area contributed by atoms with Crippen molar-refractivity contribution in [1.29, 1.82) is 0 Å². The smallest absolute Gasteiger partial charge is 0.321 e. The second kappa shape index (κ2) is 8.55. The summed E-state index contributed by atoms with van der Waals surface area (Å²) in [5.74, 6) is 1.06. The average molecular weight is 430 g/mol. The number of halogens is 1. The van der Waals surface area contributed by atoms with Gasteiger partial charge in [0, 0.05) is 31.0 Å². The maximum Gasteiger partial charge on any atom is 0.321 e. The molecule has 0 aliphatic carbocycles. The maximum atomic E-state index is 13.8. The third kappa shape index (κ3) is 3.96. The van der Waals surface area contributed by atoms with Crippen molar-refractivity contribution >= 4 is 29.4 Å². The van der Waals surface area contributed by atoms with E-state index in [0.29, 0.717) is 43.8 Å². The van der Waals surface area contributed by atoms with Crippen molar-refractivity contribution in [1.82, 2.24) is 9.80 Å². The normalized spacial score (nSPS) is 17.8. The molecular weight excluding hydrogens is 405 g/mol. The van der Waals surface area contributed by atoms with E-state index in [2.05, 4.69) is 5.32 Å². The van der Waals surface area contributed by atoms with Gasteiger partial charge in [-0.1, -0.05) is 18.2 Å². The highest BCUT2D eigenvalue weighted by Gasteiger charge is 2.47. The number of carbonyl (C=O) groups excluding carboxylic acids is 2. The minimum atomic E-state index is -0.458. The van der Waals surface area contributed by atoms with Gasteiger partial charge in [-0.05, 0) is 43.2 Å². The van der Waals surface area contributed by atoms with E-state index in [1.807, 2.05) is 17.0 Å². The number of piperidine rings is 1. The Morgan fingerprint density at radius 2 is 1.87 bits per heavy atom. The number of methoxy groups -OCH3 is 1. The zero-order chi connectivity index (χ0) is 21.1. The number of carbonyl (C=O) groups is 2. The molecule has 0 saturated carbocycles. The molecule has 4 rings (SSSR count). The summed E-state index contributed by atoms with van der Waals surface area (Å²) in [5, 5.41) is 2.64. The summed E-state index contributed by atoms with van der Waals surface area (Å²) in [5.41, 5.74) is 0.781. The molecule has 158 valence electrons. The second-order valence-corrected chi connectivity index (χ2v) is 8.84. The average Bonchev–Trinajstić information content (AvgIpc) is 3.18. The minimum absolute atomic E-state index is 0.0110. The molecule has 30 heavy (non-hydrogen) atoms. The number of nitrogens with zero attached hydrogens (tertiary/aromatic N) is 2. The fraction of sp³-hybridized carbons (Fsp3) is 0.364. The van der Waals surface area contributed by atoms with Crippen LogP contribution in [0.5, 0.6) is 5.75 Å². The third-order valence-corrected chi connectivity index (χ3v) is 7.24. The Hall–Kier alpha value is -2.74. The molecule has 2 aliphatic rings. The molecule has 1 N–H and O–H groups in total. The number of hydrogen-bond donors (Lipinski definition) is 1. The van der Waals surface area contributed by atoms with Gasteiger partial charge in [-0.2, -0.15) is 0 Å². The third-order valence-electron chi connectivity index (χ3n) is 5.69. The second-order valence-electron chi connectivity index (χ2n) is 7.38. The maximum absolute atomic E-state index is 13.8. The predicted octanol–water partition coefficient (Wildman–Crippen LogP) is 4.05. The molecule has 2 heterocycles. The fourth-order valence-corrected chi connectivity index (χ4v) is 5.49. The van der Waals surface area contributed by atoms with E-state index < -0.39 is 5.82 Å². The Morgan fingerprint density at radius 1 is 1.10 bits per heavy atom. The summed E-state index contributed by atoms with van der Waals surface area (Å²) in [4.78, 5) is 29.1. The summed E-state index contributed by atoms with van der Waals surface area (Å²) in [6, 6.07) is 13.0. The van der Waals surface area contributed by atoms with Crippen LogP contribution in [0, 0.1) is 5.82 Å². The van der Waals surface area contributed by atoms with Gasteiger partial charge in [-0.15, -0.1) is 11.8 Å². The Morgan fingerprint density at radius 3 is 2.60 bits per heavy atom. The summed E-state index contributed by atoms with van der Waals surface area (Å²) in [7, 11) is 1.58. The van der Waals surface area contributed by atoms with E-state index in [-0.39, 0.29) is 22.5 Å². The number of urea groups is 1. The zero-order valence-corrected chi connectivity index (χ0v) is 17.6. The number of hydrogen-bond acceptors (Lipinski definition) is 4. The number of para-hydroxylation sites is 1. The van der Waals surface area contributed by atoms with Crippen molar-refractivity contribution in [3.05, 3.63) is 59.9 Å². The Bertz CT molecular complexity index is 947. The minimum Gasteiger partial charge on any atom is -0.497 e. The first-order chi connectivity index (χ1) is 14.5. The monoisotopic (exact) mass is 429 g/mol. The zero-order valence-electron chi connectivity index (χ0n) is 16.8. The molecular formula is C22H24FN3O3S. The van der Waals surface area contributed by atoms with Gasteiger partial charge >= 0.3 is 6.03 Å². The van der Waals surface area contributed by atoms with Crippen molar-refractivity contribution < 1.29 is 18.7 Å². The van der Waals surface area contributed by atoms with Gasteiger partial charge < -0.3 is 19.9 Å². The van der Waals surface area contributed by atoms with E-state index >= 15 is 0 Å². The van der Waals surface area contributed by atoms with Crippen LogP contribution < -0.4 is 10.1 Å². The van der Waals surface area contributed by atoms with Gasteiger partial charge in [-0.3, -0.25) is 4.79 Å². The van der Waals surface area contributed by atoms with Crippen molar-refractivity contribution in [2.24, 2.45) is 0 Å². The van der Waals surface area contributed by atoms with Crippen LogP contribution in [0.3, 0.4) is 0 Å². The van der Waals surface area contributed by atoms with E-state index in [1.165, 1.54) is 6.07 Å². The van der Waals surface area contributed by atoms with Crippen LogP contribution in [0.1, 0.15) is 23.2 Å². The molecule has 0 bridgehead atoms. The molecule has 2 aromatic rings. The molecule has 2 fully saturated rings. The fourth-order valence-electron chi connectivity index (χ4n) is 4.04. The van der Waals surface area contributed by atoms with Crippen LogP contribution in [0.25, 0.3) is 0 Å². The lowest BCUT2D eigenvalue weighted by Crippen LogP contribution is -2.54. The van der Waals surface area contributed by atoms with Crippen molar-refractivity contribution in [2.75, 3.05) is 37.8 Å². The van der Waals surface area contributed by atoms with E-state index in [4.69, 9.17) is 4.74 Å². The SMILES string of the molecule is COc1cccc(C(=O)N2CCSC23CCN(C(=O)Nc2ccccc2F)CC3)c1. The molecule has 2 aliphatic heterocycles. The number of amides is 3. The lowest BCUT2D eigenvalue weighted by molar-refractivity contribution is 0.0585. The number of benzene rings is 2. The lowest BCUT2D eigenvalue weighted by Gasteiger charge is -2.44. The van der Waals surface area contributed by atoms with E-state index in [0.717, 1.165) is 5.75 Å². The molecule has 0 unspecified atom stereocenters. The number of nitrogens with one attached hydrogen (secondary N) is 1. The van der Waals surface area contributed by atoms with Crippen molar-refractivity contribution in [3.8, 4) is 5.75 Å². The Labute approximate surface area is 179 Å². The van der Waals surface area contributed by atoms with Crippen molar-refractivity contribution in [2.45, 2.75) is 17.7 Å². The summed E-state index contributed by atoms with van der Waals surface area (Å²) in [6.07, 6.45) is 1.36. The van der Waals surface area contributed by atoms with Crippen LogP contribution in [0.2, 0.25) is 0 Å². The highest BCUT2D eigenvalue weighted by atomic mass is 32.2. The molecule has 1 spiro atoms. The van der Waals surface area contributed by atoms with Gasteiger partial charge in [0.1, 0.15) is 11.6 Å². The van der Waals surface area contributed by atoms with Crippen LogP contribution in [-0.4, -0.2) is 59.1 Å². The topological polar surface area (TPSA) is 61.9 Å². The van der Waals surface area contributed by atoms with Crippen molar-refractivity contribution in [3.63, 3.8) is 0 Å². The van der Waals surface area contributed by atoms with Gasteiger partial charge in [0.15, 0.2) is 0 Å². The highest BCUT2D eigenvalue weighted by molar-refractivity contribution is 8.00. The first-order valence-corrected chi connectivity index (χ1v) is 10.9. The number of likely N-dealkylation sites (tertiary alicyclic amines) is 1. The molecule has 2 aromatic carbocycles. The number of ether oxygens (including phenoxy) is 1. The van der Waals surface area contributed by atoms with Gasteiger partial charge in [0.05, 0.1) is 17.7 Å². The number of rotatable bonds is 3. The summed E-state index contributed by atoms with van der Waals surface area (Å²) >= 11 is 1.78. The quantitative estimate of drug-likeness (QED) is 0.800. The molecule has 2 saturated heterocycles. The lowest BCUT2D eigenvalue weighted by atomic mass is 10.0. The first kappa shape index (κ1) is 20.5. The van der Waals surface area contributed by atoms with Gasteiger partial charge in [0.25, 0.3) is 5.91 Å². The largest absolute Gasteiger partial charge is 0.497 e. The molecule has 3 amide bonds. The Kier molecular flexibility index (Phi) is 5.85. The van der Waals surface area contributed by atoms with Crippen LogP contribution in [-0.2, 0) is 0 Å². The van der Waals surface area contributed by atoms with Gasteiger partial charge in [0.2, 0.25) is 0 Å².